The maximum Gasteiger partial charge on any atom is 0.185 e. The van der Waals surface area contributed by atoms with Crippen molar-refractivity contribution in [3.8, 4) is 17.1 Å². The van der Waals surface area contributed by atoms with Gasteiger partial charge >= 0.3 is 0 Å². The summed E-state index contributed by atoms with van der Waals surface area (Å²) >= 11 is 0. The summed E-state index contributed by atoms with van der Waals surface area (Å²) in [6.45, 7) is 1.99. The number of hydrogen-bond acceptors (Lipinski definition) is 3. The van der Waals surface area contributed by atoms with Crippen LogP contribution in [-0.4, -0.2) is 12.9 Å². The number of benzene rings is 2. The molecule has 0 aliphatic heterocycles. The summed E-state index contributed by atoms with van der Waals surface area (Å²) in [5.41, 5.74) is 2.75. The summed E-state index contributed by atoms with van der Waals surface area (Å²) in [5, 5.41) is 0. The second-order valence-electron chi connectivity index (χ2n) is 5.49. The van der Waals surface area contributed by atoms with Gasteiger partial charge in [0.1, 0.15) is 17.3 Å². The molecule has 3 heteroatoms. The molecule has 3 nitrogen and oxygen atoms in total. The highest BCUT2D eigenvalue weighted by Gasteiger charge is 2.05. The summed E-state index contributed by atoms with van der Waals surface area (Å²) < 4.78 is 10.9. The first-order valence-electron chi connectivity index (χ1n) is 7.69. The third kappa shape index (κ3) is 3.63. The van der Waals surface area contributed by atoms with Gasteiger partial charge in [0, 0.05) is 11.1 Å². The minimum Gasteiger partial charge on any atom is -0.497 e. The van der Waals surface area contributed by atoms with E-state index in [1.807, 2.05) is 67.6 Å². The highest BCUT2D eigenvalue weighted by molar-refractivity contribution is 6.06. The lowest BCUT2D eigenvalue weighted by Gasteiger charge is -2.00. The molecule has 1 aromatic heterocycles. The zero-order valence-corrected chi connectivity index (χ0v) is 13.7. The van der Waals surface area contributed by atoms with E-state index in [0.717, 1.165) is 22.6 Å². The molecule has 0 saturated carbocycles. The molecule has 24 heavy (non-hydrogen) atoms. The van der Waals surface area contributed by atoms with E-state index in [4.69, 9.17) is 9.15 Å². The van der Waals surface area contributed by atoms with Gasteiger partial charge in [-0.3, -0.25) is 4.79 Å². The van der Waals surface area contributed by atoms with Crippen molar-refractivity contribution in [2.24, 2.45) is 0 Å². The average Bonchev–Trinajstić information content (AvgIpc) is 3.09. The van der Waals surface area contributed by atoms with Crippen LogP contribution in [0.5, 0.6) is 5.75 Å². The number of ether oxygens (including phenoxy) is 1. The Morgan fingerprint density at radius 3 is 2.33 bits per heavy atom. The summed E-state index contributed by atoms with van der Waals surface area (Å²) in [5.74, 6) is 2.15. The number of ketones is 1. The molecule has 0 amide bonds. The average molecular weight is 318 g/mol. The second kappa shape index (κ2) is 7.01. The number of methoxy groups -OCH3 is 1. The Bertz CT molecular complexity index is 853. The first kappa shape index (κ1) is 15.8. The van der Waals surface area contributed by atoms with E-state index in [9.17, 15) is 4.79 Å². The van der Waals surface area contributed by atoms with Gasteiger partial charge in [-0.2, -0.15) is 0 Å². The molecule has 2 aromatic carbocycles. The predicted octanol–water partition coefficient (Wildman–Crippen LogP) is 5.16. The zero-order chi connectivity index (χ0) is 16.9. The Kier molecular flexibility index (Phi) is 4.62. The summed E-state index contributed by atoms with van der Waals surface area (Å²) in [4.78, 5) is 12.1. The Morgan fingerprint density at radius 2 is 1.67 bits per heavy atom. The van der Waals surface area contributed by atoms with E-state index in [2.05, 4.69) is 0 Å². The van der Waals surface area contributed by atoms with Crippen molar-refractivity contribution in [2.45, 2.75) is 6.92 Å². The fourth-order valence-electron chi connectivity index (χ4n) is 2.32. The first-order valence-corrected chi connectivity index (χ1v) is 7.69. The van der Waals surface area contributed by atoms with Crippen molar-refractivity contribution in [2.75, 3.05) is 7.11 Å². The van der Waals surface area contributed by atoms with Crippen molar-refractivity contribution < 1.29 is 13.9 Å². The predicted molar refractivity (Wildman–Crippen MR) is 95.2 cm³/mol. The van der Waals surface area contributed by atoms with Crippen molar-refractivity contribution in [1.82, 2.24) is 0 Å². The quantitative estimate of drug-likeness (QED) is 0.482. The largest absolute Gasteiger partial charge is 0.497 e. The Hall–Kier alpha value is -3.07. The Balaban J connectivity index is 1.73. The molecule has 120 valence electrons. The molecule has 0 bridgehead atoms. The highest BCUT2D eigenvalue weighted by Crippen LogP contribution is 2.25. The molecule has 0 fully saturated rings. The van der Waals surface area contributed by atoms with Crippen LogP contribution in [0.1, 0.15) is 21.7 Å². The third-order valence-corrected chi connectivity index (χ3v) is 3.74. The van der Waals surface area contributed by atoms with Crippen molar-refractivity contribution in [3.63, 3.8) is 0 Å². The summed E-state index contributed by atoms with van der Waals surface area (Å²) in [6.07, 6.45) is 3.22. The van der Waals surface area contributed by atoms with Gasteiger partial charge < -0.3 is 9.15 Å². The fraction of sp³-hybridized carbons (Fsp3) is 0.0952. The van der Waals surface area contributed by atoms with E-state index in [1.165, 1.54) is 6.08 Å². The van der Waals surface area contributed by atoms with Crippen molar-refractivity contribution in [1.29, 1.82) is 0 Å². The van der Waals surface area contributed by atoms with Gasteiger partial charge in [0.25, 0.3) is 0 Å². The van der Waals surface area contributed by atoms with E-state index < -0.39 is 0 Å². The monoisotopic (exact) mass is 318 g/mol. The van der Waals surface area contributed by atoms with Crippen LogP contribution in [0.3, 0.4) is 0 Å². The zero-order valence-electron chi connectivity index (χ0n) is 13.7. The smallest absolute Gasteiger partial charge is 0.185 e. The van der Waals surface area contributed by atoms with Crippen molar-refractivity contribution in [3.05, 3.63) is 83.6 Å². The van der Waals surface area contributed by atoms with E-state index in [0.29, 0.717) is 11.3 Å². The maximum absolute atomic E-state index is 12.1. The van der Waals surface area contributed by atoms with Crippen LogP contribution in [0, 0.1) is 6.92 Å². The number of aryl methyl sites for hydroxylation is 1. The second-order valence-corrected chi connectivity index (χ2v) is 5.49. The molecule has 0 atom stereocenters. The number of hydrogen-bond donors (Lipinski definition) is 0. The number of furan rings is 1. The maximum atomic E-state index is 12.1. The molecule has 0 aliphatic carbocycles. The minimum atomic E-state index is -0.0441. The SMILES string of the molecule is COc1ccc(-c2ccc(/C=C/C(=O)c3ccc(C)cc3)o2)cc1. The minimum absolute atomic E-state index is 0.0441. The van der Waals surface area contributed by atoms with Gasteiger partial charge in [-0.1, -0.05) is 29.8 Å². The van der Waals surface area contributed by atoms with E-state index in [1.54, 1.807) is 13.2 Å². The number of allylic oxidation sites excluding steroid dienone is 1. The molecule has 3 rings (SSSR count). The molecule has 0 aliphatic rings. The highest BCUT2D eigenvalue weighted by atomic mass is 16.5. The Labute approximate surface area is 141 Å². The summed E-state index contributed by atoms with van der Waals surface area (Å²) in [6, 6.07) is 18.9. The fourth-order valence-corrected chi connectivity index (χ4v) is 2.32. The van der Waals surface area contributed by atoms with Gasteiger partial charge in [0.2, 0.25) is 0 Å². The lowest BCUT2D eigenvalue weighted by atomic mass is 10.1. The molecule has 0 radical (unpaired) electrons. The van der Waals surface area contributed by atoms with Crippen molar-refractivity contribution >= 4 is 11.9 Å². The van der Waals surface area contributed by atoms with Crippen LogP contribution in [0.25, 0.3) is 17.4 Å². The molecule has 0 unspecified atom stereocenters. The van der Waals surface area contributed by atoms with Gasteiger partial charge in [-0.25, -0.2) is 0 Å². The molecule has 0 N–H and O–H groups in total. The van der Waals surface area contributed by atoms with Crippen LogP contribution in [0.2, 0.25) is 0 Å². The molecule has 0 saturated heterocycles. The van der Waals surface area contributed by atoms with Crippen LogP contribution in [-0.2, 0) is 0 Å². The van der Waals surface area contributed by atoms with Crippen LogP contribution in [0.4, 0.5) is 0 Å². The van der Waals surface area contributed by atoms with Gasteiger partial charge in [-0.05, 0) is 55.5 Å². The van der Waals surface area contributed by atoms with E-state index >= 15 is 0 Å². The standard InChI is InChI=1S/C21H18O3/c1-15-3-5-16(6-4-15)20(22)13-11-19-12-14-21(24-19)17-7-9-18(23-2)10-8-17/h3-14H,1-2H3/b13-11+. The molecular formula is C21H18O3. The lowest BCUT2D eigenvalue weighted by Crippen LogP contribution is -1.93. The molecular weight excluding hydrogens is 300 g/mol. The van der Waals surface area contributed by atoms with Crippen LogP contribution >= 0.6 is 0 Å². The normalized spacial score (nSPS) is 10.9. The summed E-state index contributed by atoms with van der Waals surface area (Å²) in [7, 11) is 1.63. The Morgan fingerprint density at radius 1 is 0.958 bits per heavy atom. The van der Waals surface area contributed by atoms with Gasteiger partial charge in [0.05, 0.1) is 7.11 Å². The number of carbonyl (C=O) groups excluding carboxylic acids is 1. The van der Waals surface area contributed by atoms with Gasteiger partial charge in [0.15, 0.2) is 5.78 Å². The number of carbonyl (C=O) groups is 1. The van der Waals surface area contributed by atoms with E-state index in [-0.39, 0.29) is 5.78 Å². The molecule has 1 heterocycles. The topological polar surface area (TPSA) is 39.4 Å². The first-order chi connectivity index (χ1) is 11.7. The number of rotatable bonds is 5. The lowest BCUT2D eigenvalue weighted by molar-refractivity contribution is 0.104. The molecule has 3 aromatic rings. The molecule has 0 spiro atoms. The van der Waals surface area contributed by atoms with Gasteiger partial charge in [-0.15, -0.1) is 0 Å². The van der Waals surface area contributed by atoms with Crippen LogP contribution < -0.4 is 4.74 Å². The third-order valence-electron chi connectivity index (χ3n) is 3.74. The van der Waals surface area contributed by atoms with Crippen LogP contribution in [0.15, 0.2) is 71.2 Å².